The molecular weight excluding hydrogens is 431 g/mol. The van der Waals surface area contributed by atoms with Crippen LogP contribution in [0.4, 0.5) is 4.39 Å². The highest BCUT2D eigenvalue weighted by Crippen LogP contribution is 2.34. The highest BCUT2D eigenvalue weighted by Gasteiger charge is 2.34. The monoisotopic (exact) mass is 456 g/mol. The Labute approximate surface area is 190 Å². The minimum Gasteiger partial charge on any atom is -0.491 e. The van der Waals surface area contributed by atoms with Crippen LogP contribution in [0.1, 0.15) is 40.9 Å². The van der Waals surface area contributed by atoms with Gasteiger partial charge in [0.25, 0.3) is 5.91 Å². The number of nitrogens with zero attached hydrogens (tertiary/aromatic N) is 2. The summed E-state index contributed by atoms with van der Waals surface area (Å²) in [5.41, 5.74) is 1.06. The Morgan fingerprint density at radius 3 is 2.72 bits per heavy atom. The number of carbonyl (C=O) groups excluding carboxylic acids is 2. The largest absolute Gasteiger partial charge is 0.491 e. The average molecular weight is 457 g/mol. The molecule has 3 heterocycles. The van der Waals surface area contributed by atoms with Gasteiger partial charge in [-0.2, -0.15) is 0 Å². The molecule has 168 valence electrons. The Balaban J connectivity index is 1.52. The second-order valence-electron chi connectivity index (χ2n) is 7.92. The molecule has 0 fully saturated rings. The van der Waals surface area contributed by atoms with Gasteiger partial charge in [0.15, 0.2) is 5.76 Å². The van der Waals surface area contributed by atoms with Crippen molar-refractivity contribution in [1.29, 1.82) is 0 Å². The van der Waals surface area contributed by atoms with Crippen LogP contribution in [0.2, 0.25) is 0 Å². The third-order valence-corrected chi connectivity index (χ3v) is 6.56. The van der Waals surface area contributed by atoms with Crippen LogP contribution < -0.4 is 4.74 Å². The van der Waals surface area contributed by atoms with Crippen molar-refractivity contribution in [3.63, 3.8) is 0 Å². The zero-order valence-electron chi connectivity index (χ0n) is 18.0. The van der Waals surface area contributed by atoms with Gasteiger partial charge in [-0.25, -0.2) is 4.39 Å². The molecule has 0 bridgehead atoms. The second kappa shape index (κ2) is 9.56. The molecule has 1 aromatic carbocycles. The van der Waals surface area contributed by atoms with E-state index in [2.05, 4.69) is 0 Å². The topological polar surface area (TPSA) is 63.0 Å². The van der Waals surface area contributed by atoms with Crippen molar-refractivity contribution >= 4 is 23.2 Å². The number of hydrogen-bond donors (Lipinski definition) is 0. The number of furan rings is 1. The molecular formula is C24H25FN2O4S. The molecule has 6 nitrogen and oxygen atoms in total. The van der Waals surface area contributed by atoms with Crippen LogP contribution in [0.5, 0.6) is 5.75 Å². The Morgan fingerprint density at radius 1 is 1.25 bits per heavy atom. The Morgan fingerprint density at radius 2 is 2.03 bits per heavy atom. The number of halogens is 1. The van der Waals surface area contributed by atoms with E-state index in [1.54, 1.807) is 40.5 Å². The molecule has 1 aliphatic heterocycles. The molecule has 0 saturated heterocycles. The van der Waals surface area contributed by atoms with Crippen LogP contribution in [-0.2, 0) is 11.2 Å². The number of fused-ring (bicyclic) bond motifs is 1. The van der Waals surface area contributed by atoms with Crippen molar-refractivity contribution in [2.75, 3.05) is 19.7 Å². The van der Waals surface area contributed by atoms with E-state index in [1.807, 2.05) is 25.3 Å². The molecule has 3 aromatic rings. The van der Waals surface area contributed by atoms with Gasteiger partial charge in [0, 0.05) is 17.5 Å². The average Bonchev–Trinajstić information content (AvgIpc) is 3.48. The van der Waals surface area contributed by atoms with Crippen LogP contribution >= 0.6 is 11.3 Å². The van der Waals surface area contributed by atoms with Gasteiger partial charge in [-0.05, 0) is 73.7 Å². The van der Waals surface area contributed by atoms with E-state index in [9.17, 15) is 14.0 Å². The van der Waals surface area contributed by atoms with Crippen LogP contribution in [0.25, 0.3) is 0 Å². The molecule has 4 rings (SSSR count). The fraction of sp³-hybridized carbons (Fsp3) is 0.333. The van der Waals surface area contributed by atoms with Gasteiger partial charge in [-0.15, -0.1) is 11.3 Å². The maximum absolute atomic E-state index is 13.4. The zero-order chi connectivity index (χ0) is 22.7. The summed E-state index contributed by atoms with van der Waals surface area (Å²) in [5, 5.41) is 2.02. The number of thiophene rings is 1. The van der Waals surface area contributed by atoms with E-state index in [0.29, 0.717) is 12.3 Å². The highest BCUT2D eigenvalue weighted by molar-refractivity contribution is 7.10. The summed E-state index contributed by atoms with van der Waals surface area (Å²) in [5.74, 6) is -0.0461. The maximum atomic E-state index is 13.4. The second-order valence-corrected chi connectivity index (χ2v) is 8.92. The van der Waals surface area contributed by atoms with E-state index in [-0.39, 0.29) is 48.6 Å². The van der Waals surface area contributed by atoms with Crippen molar-refractivity contribution in [2.45, 2.75) is 32.4 Å². The lowest BCUT2D eigenvalue weighted by atomic mass is 10.00. The standard InChI is InChI=1S/C24H25FN2O4S/c1-16(2)27(24(29)21-4-3-12-30-21)14-23(28)26-11-9-22-19(10-13-32-22)20(26)15-31-18-7-5-17(25)6-8-18/h3-8,10,12-13,16,20H,9,11,14-15H2,1-2H3/t20-/m0/s1. The maximum Gasteiger partial charge on any atom is 0.290 e. The van der Waals surface area contributed by atoms with Gasteiger partial charge in [0.2, 0.25) is 5.91 Å². The number of benzene rings is 1. The van der Waals surface area contributed by atoms with Gasteiger partial charge in [0.1, 0.15) is 24.7 Å². The van der Waals surface area contributed by atoms with Crippen molar-refractivity contribution in [3.05, 3.63) is 76.1 Å². The molecule has 1 aliphatic rings. The molecule has 0 saturated carbocycles. The van der Waals surface area contributed by atoms with Gasteiger partial charge in [-0.3, -0.25) is 9.59 Å². The van der Waals surface area contributed by atoms with Gasteiger partial charge in [-0.1, -0.05) is 0 Å². The number of ether oxygens (including phenoxy) is 1. The predicted octanol–water partition coefficient (Wildman–Crippen LogP) is 4.54. The minimum absolute atomic E-state index is 0.0519. The number of carbonyl (C=O) groups is 2. The van der Waals surface area contributed by atoms with Crippen molar-refractivity contribution in [2.24, 2.45) is 0 Å². The first-order valence-electron chi connectivity index (χ1n) is 10.5. The van der Waals surface area contributed by atoms with E-state index < -0.39 is 0 Å². The molecule has 32 heavy (non-hydrogen) atoms. The fourth-order valence-electron chi connectivity index (χ4n) is 3.85. The molecule has 2 amide bonds. The van der Waals surface area contributed by atoms with Crippen LogP contribution in [-0.4, -0.2) is 47.4 Å². The van der Waals surface area contributed by atoms with Gasteiger partial charge >= 0.3 is 0 Å². The predicted molar refractivity (Wildman–Crippen MR) is 119 cm³/mol. The molecule has 0 aliphatic carbocycles. The number of amides is 2. The van der Waals surface area contributed by atoms with Crippen molar-refractivity contribution < 1.29 is 23.1 Å². The third kappa shape index (κ3) is 4.70. The zero-order valence-corrected chi connectivity index (χ0v) is 18.8. The summed E-state index contributed by atoms with van der Waals surface area (Å²) in [6.45, 7) is 4.48. The van der Waals surface area contributed by atoms with Crippen molar-refractivity contribution in [1.82, 2.24) is 9.80 Å². The molecule has 1 atom stereocenters. The number of hydrogen-bond acceptors (Lipinski definition) is 5. The lowest BCUT2D eigenvalue weighted by Gasteiger charge is -2.37. The lowest BCUT2D eigenvalue weighted by molar-refractivity contribution is -0.136. The third-order valence-electron chi connectivity index (χ3n) is 5.56. The molecule has 0 N–H and O–H groups in total. The summed E-state index contributed by atoms with van der Waals surface area (Å²) in [4.78, 5) is 30.8. The van der Waals surface area contributed by atoms with Crippen LogP contribution in [0.15, 0.2) is 58.5 Å². The summed E-state index contributed by atoms with van der Waals surface area (Å²) in [6.07, 6.45) is 2.21. The van der Waals surface area contributed by atoms with E-state index in [0.717, 1.165) is 12.0 Å². The Bertz CT molecular complexity index is 1060. The smallest absolute Gasteiger partial charge is 0.290 e. The first-order valence-corrected chi connectivity index (χ1v) is 11.4. The minimum atomic E-state index is -0.332. The first kappa shape index (κ1) is 22.1. The Hall–Kier alpha value is -3.13. The quantitative estimate of drug-likeness (QED) is 0.524. The SMILES string of the molecule is CC(C)N(CC(=O)N1CCc2sccc2[C@@H]1COc1ccc(F)cc1)C(=O)c1ccco1. The Kier molecular flexibility index (Phi) is 6.60. The van der Waals surface area contributed by atoms with E-state index in [4.69, 9.17) is 9.15 Å². The highest BCUT2D eigenvalue weighted by atomic mass is 32.1. The van der Waals surface area contributed by atoms with Gasteiger partial charge in [0.05, 0.1) is 12.3 Å². The van der Waals surface area contributed by atoms with Crippen LogP contribution in [0.3, 0.4) is 0 Å². The molecule has 0 radical (unpaired) electrons. The van der Waals surface area contributed by atoms with Crippen LogP contribution in [0, 0.1) is 5.82 Å². The lowest BCUT2D eigenvalue weighted by Crippen LogP contribution is -2.49. The first-order chi connectivity index (χ1) is 15.4. The summed E-state index contributed by atoms with van der Waals surface area (Å²) >= 11 is 1.67. The van der Waals surface area contributed by atoms with E-state index >= 15 is 0 Å². The van der Waals surface area contributed by atoms with Crippen molar-refractivity contribution in [3.8, 4) is 5.75 Å². The van der Waals surface area contributed by atoms with E-state index in [1.165, 1.54) is 28.2 Å². The molecule has 0 unspecified atom stereocenters. The molecule has 2 aromatic heterocycles. The molecule has 8 heteroatoms. The normalized spacial score (nSPS) is 15.5. The summed E-state index contributed by atoms with van der Waals surface area (Å²) in [6, 6.07) is 10.6. The van der Waals surface area contributed by atoms with Gasteiger partial charge < -0.3 is 19.0 Å². The summed E-state index contributed by atoms with van der Waals surface area (Å²) < 4.78 is 24.4. The fourth-order valence-corrected chi connectivity index (χ4v) is 4.78. The number of rotatable bonds is 7. The molecule has 0 spiro atoms. The summed E-state index contributed by atoms with van der Waals surface area (Å²) in [7, 11) is 0.